The van der Waals surface area contributed by atoms with Crippen LogP contribution in [0.15, 0.2) is 16.9 Å². The predicted octanol–water partition coefficient (Wildman–Crippen LogP) is -0.0384. The molecule has 1 heterocycles. The summed E-state index contributed by atoms with van der Waals surface area (Å²) in [5, 5.41) is 9.52. The van der Waals surface area contributed by atoms with E-state index in [9.17, 15) is 18.3 Å². The van der Waals surface area contributed by atoms with Crippen molar-refractivity contribution in [1.82, 2.24) is 4.57 Å². The van der Waals surface area contributed by atoms with Gasteiger partial charge in [-0.2, -0.15) is 8.42 Å². The van der Waals surface area contributed by atoms with E-state index in [0.717, 1.165) is 10.6 Å². The number of hydrogen-bond donors (Lipinski definition) is 2. The maximum atomic E-state index is 11.2. The van der Waals surface area contributed by atoms with Crippen LogP contribution in [0.1, 0.15) is 12.5 Å². The molecule has 1 rings (SSSR count). The number of aromatic nitrogens is 1. The number of hydrogen-bond acceptors (Lipinski definition) is 4. The third kappa shape index (κ3) is 2.80. The molecule has 0 bridgehead atoms. The Bertz CT molecular complexity index is 516. The fourth-order valence-corrected chi connectivity index (χ4v) is 1.85. The zero-order chi connectivity index (χ0) is 11.6. The maximum absolute atomic E-state index is 11.2. The van der Waals surface area contributed by atoms with Crippen molar-refractivity contribution in [2.75, 3.05) is 0 Å². The molecule has 0 fully saturated rings. The molecular weight excluding hydrogens is 222 g/mol. The lowest BCUT2D eigenvalue weighted by Gasteiger charge is -2.08. The summed E-state index contributed by atoms with van der Waals surface area (Å²) in [6.07, 6.45) is 0. The lowest BCUT2D eigenvalue weighted by Crippen LogP contribution is -2.19. The Labute approximate surface area is 86.5 Å². The van der Waals surface area contributed by atoms with Crippen LogP contribution in [0.4, 0.5) is 0 Å². The number of rotatable bonds is 3. The van der Waals surface area contributed by atoms with Gasteiger partial charge in [0, 0.05) is 18.2 Å². The summed E-state index contributed by atoms with van der Waals surface area (Å²) >= 11 is 0. The van der Waals surface area contributed by atoms with Crippen LogP contribution in [-0.2, 0) is 22.4 Å². The molecule has 84 valence electrons. The summed E-state index contributed by atoms with van der Waals surface area (Å²) in [7, 11) is -4.21. The highest BCUT2D eigenvalue weighted by atomic mass is 32.2. The Balaban J connectivity index is 3.28. The van der Waals surface area contributed by atoms with Crippen molar-refractivity contribution in [3.05, 3.63) is 28.0 Å². The molecule has 0 amide bonds. The van der Waals surface area contributed by atoms with Crippen LogP contribution in [0.2, 0.25) is 0 Å². The van der Waals surface area contributed by atoms with Gasteiger partial charge in [0.1, 0.15) is 5.75 Å². The second-order valence-corrected chi connectivity index (χ2v) is 4.44. The first-order valence-corrected chi connectivity index (χ1v) is 5.83. The number of aromatic hydroxyl groups is 1. The van der Waals surface area contributed by atoms with Gasteiger partial charge in [-0.05, 0) is 13.0 Å². The van der Waals surface area contributed by atoms with Crippen LogP contribution >= 0.6 is 0 Å². The molecule has 0 aromatic carbocycles. The molecule has 2 N–H and O–H groups in total. The summed E-state index contributed by atoms with van der Waals surface area (Å²) in [5.74, 6) is -1.14. The first-order valence-electron chi connectivity index (χ1n) is 4.22. The van der Waals surface area contributed by atoms with Gasteiger partial charge in [0.25, 0.3) is 15.7 Å². The van der Waals surface area contributed by atoms with Crippen LogP contribution in [0.5, 0.6) is 5.88 Å². The zero-order valence-corrected chi connectivity index (χ0v) is 8.86. The van der Waals surface area contributed by atoms with Gasteiger partial charge >= 0.3 is 0 Å². The second kappa shape index (κ2) is 4.03. The molecule has 7 heteroatoms. The van der Waals surface area contributed by atoms with Crippen molar-refractivity contribution < 1.29 is 18.1 Å². The Morgan fingerprint density at radius 2 is 2.00 bits per heavy atom. The van der Waals surface area contributed by atoms with E-state index >= 15 is 0 Å². The van der Waals surface area contributed by atoms with Crippen molar-refractivity contribution >= 4 is 10.1 Å². The van der Waals surface area contributed by atoms with Gasteiger partial charge < -0.3 is 5.11 Å². The molecule has 0 saturated carbocycles. The zero-order valence-electron chi connectivity index (χ0n) is 8.04. The standard InChI is InChI=1S/C8H11NO5S/c1-2-9-7(10)4-3-6(8(9)11)5-15(12,13)14/h3-4,11H,2,5H2,1H3,(H,12,13,14). The van der Waals surface area contributed by atoms with Crippen LogP contribution < -0.4 is 5.56 Å². The normalized spacial score (nSPS) is 11.6. The monoisotopic (exact) mass is 233 g/mol. The molecule has 0 aliphatic carbocycles. The topological polar surface area (TPSA) is 96.6 Å². The third-order valence-electron chi connectivity index (χ3n) is 1.89. The lowest BCUT2D eigenvalue weighted by molar-refractivity contribution is 0.404. The third-order valence-corrected chi connectivity index (χ3v) is 2.57. The minimum Gasteiger partial charge on any atom is -0.494 e. The molecule has 1 aromatic heterocycles. The first-order chi connectivity index (χ1) is 6.85. The fraction of sp³-hybridized carbons (Fsp3) is 0.375. The van der Waals surface area contributed by atoms with E-state index in [1.54, 1.807) is 6.92 Å². The van der Waals surface area contributed by atoms with E-state index < -0.39 is 27.3 Å². The van der Waals surface area contributed by atoms with Gasteiger partial charge in [0.05, 0.1) is 0 Å². The Kier molecular flexibility index (Phi) is 3.15. The summed E-state index contributed by atoms with van der Waals surface area (Å²) in [5.41, 5.74) is -0.423. The fourth-order valence-electron chi connectivity index (χ4n) is 1.23. The lowest BCUT2D eigenvalue weighted by atomic mass is 10.3. The Morgan fingerprint density at radius 1 is 1.40 bits per heavy atom. The number of nitrogens with zero attached hydrogens (tertiary/aromatic N) is 1. The molecule has 0 unspecified atom stereocenters. The average molecular weight is 233 g/mol. The van der Waals surface area contributed by atoms with Crippen molar-refractivity contribution in [2.45, 2.75) is 19.2 Å². The molecule has 0 saturated heterocycles. The van der Waals surface area contributed by atoms with Gasteiger partial charge in [0.15, 0.2) is 5.88 Å². The van der Waals surface area contributed by atoms with Crippen LogP contribution in [0, 0.1) is 0 Å². The van der Waals surface area contributed by atoms with Crippen LogP contribution in [-0.4, -0.2) is 22.6 Å². The van der Waals surface area contributed by atoms with Crippen LogP contribution in [0.3, 0.4) is 0 Å². The van der Waals surface area contributed by atoms with Gasteiger partial charge in [0.2, 0.25) is 0 Å². The minimum atomic E-state index is -4.21. The molecule has 0 aliphatic heterocycles. The molecule has 6 nitrogen and oxygen atoms in total. The van der Waals surface area contributed by atoms with E-state index in [4.69, 9.17) is 4.55 Å². The molecule has 0 aliphatic rings. The van der Waals surface area contributed by atoms with Gasteiger partial charge in [-0.1, -0.05) is 0 Å². The smallest absolute Gasteiger partial charge is 0.269 e. The van der Waals surface area contributed by atoms with Crippen molar-refractivity contribution in [2.24, 2.45) is 0 Å². The predicted molar refractivity (Wildman–Crippen MR) is 53.3 cm³/mol. The highest BCUT2D eigenvalue weighted by Crippen LogP contribution is 2.16. The molecule has 0 spiro atoms. The SMILES string of the molecule is CCn1c(O)c(CS(=O)(=O)O)ccc1=O. The quantitative estimate of drug-likeness (QED) is 0.714. The van der Waals surface area contributed by atoms with Crippen molar-refractivity contribution in [3.63, 3.8) is 0 Å². The largest absolute Gasteiger partial charge is 0.494 e. The van der Waals surface area contributed by atoms with E-state index in [-0.39, 0.29) is 12.1 Å². The molecule has 1 aromatic rings. The Hall–Kier alpha value is -1.34. The first kappa shape index (κ1) is 11.7. The Morgan fingerprint density at radius 3 is 2.47 bits per heavy atom. The molecule has 0 atom stereocenters. The van der Waals surface area contributed by atoms with E-state index in [1.165, 1.54) is 6.07 Å². The molecule has 15 heavy (non-hydrogen) atoms. The summed E-state index contributed by atoms with van der Waals surface area (Å²) in [4.78, 5) is 11.2. The summed E-state index contributed by atoms with van der Waals surface area (Å²) in [6.45, 7) is 1.86. The van der Waals surface area contributed by atoms with E-state index in [0.29, 0.717) is 0 Å². The summed E-state index contributed by atoms with van der Waals surface area (Å²) in [6, 6.07) is 2.32. The highest BCUT2D eigenvalue weighted by Gasteiger charge is 2.13. The summed E-state index contributed by atoms with van der Waals surface area (Å²) < 4.78 is 30.8. The second-order valence-electron chi connectivity index (χ2n) is 2.99. The van der Waals surface area contributed by atoms with Gasteiger partial charge in [-0.25, -0.2) is 0 Å². The van der Waals surface area contributed by atoms with Crippen molar-refractivity contribution in [1.29, 1.82) is 0 Å². The molecular formula is C8H11NO5S. The highest BCUT2D eigenvalue weighted by molar-refractivity contribution is 7.85. The van der Waals surface area contributed by atoms with Crippen molar-refractivity contribution in [3.8, 4) is 5.88 Å². The number of pyridine rings is 1. The minimum absolute atomic E-state index is 0.000972. The van der Waals surface area contributed by atoms with Gasteiger partial charge in [-0.3, -0.25) is 13.9 Å². The van der Waals surface area contributed by atoms with E-state index in [2.05, 4.69) is 0 Å². The molecule has 0 radical (unpaired) electrons. The van der Waals surface area contributed by atoms with E-state index in [1.807, 2.05) is 0 Å². The van der Waals surface area contributed by atoms with Crippen LogP contribution in [0.25, 0.3) is 0 Å². The van der Waals surface area contributed by atoms with Gasteiger partial charge in [-0.15, -0.1) is 0 Å². The maximum Gasteiger partial charge on any atom is 0.269 e. The average Bonchev–Trinajstić information content (AvgIpc) is 2.09.